The highest BCUT2D eigenvalue weighted by molar-refractivity contribution is 7.91. The van der Waals surface area contributed by atoms with Crippen molar-refractivity contribution in [2.24, 2.45) is 4.99 Å². The van der Waals surface area contributed by atoms with Crippen LogP contribution in [0.2, 0.25) is 0 Å². The molecule has 2 N–H and O–H groups in total. The molecule has 7 heteroatoms. The summed E-state index contributed by atoms with van der Waals surface area (Å²) >= 11 is 0. The molecule has 0 spiro atoms. The molecule has 0 radical (unpaired) electrons. The van der Waals surface area contributed by atoms with Gasteiger partial charge in [-0.3, -0.25) is 0 Å². The molecule has 1 fully saturated rings. The highest BCUT2D eigenvalue weighted by Crippen LogP contribution is 2.11. The molecule has 1 aliphatic heterocycles. The molecule has 0 amide bonds. The van der Waals surface area contributed by atoms with Gasteiger partial charge in [0.1, 0.15) is 0 Å². The van der Waals surface area contributed by atoms with Gasteiger partial charge in [-0.1, -0.05) is 24.3 Å². The number of guanidine groups is 1. The molecular weight excluding hydrogens is 326 g/mol. The zero-order valence-corrected chi connectivity index (χ0v) is 15.2. The summed E-state index contributed by atoms with van der Waals surface area (Å²) in [5.41, 5.74) is 2.25. The number of hydrogen-bond donors (Lipinski definition) is 2. The predicted octanol–water partition coefficient (Wildman–Crippen LogP) is 1.47. The minimum Gasteiger partial charge on any atom is -0.377 e. The van der Waals surface area contributed by atoms with Crippen molar-refractivity contribution in [1.29, 1.82) is 0 Å². The molecule has 1 heterocycles. The number of rotatable bonds is 7. The molecule has 0 saturated carbocycles. The van der Waals surface area contributed by atoms with E-state index in [2.05, 4.69) is 15.6 Å². The van der Waals surface area contributed by atoms with E-state index in [1.807, 2.05) is 38.1 Å². The van der Waals surface area contributed by atoms with Crippen molar-refractivity contribution in [3.05, 3.63) is 35.4 Å². The summed E-state index contributed by atoms with van der Waals surface area (Å²) in [6.07, 6.45) is 0.638. The Morgan fingerprint density at radius 2 is 1.96 bits per heavy atom. The number of hydrogen-bond acceptors (Lipinski definition) is 4. The van der Waals surface area contributed by atoms with Crippen LogP contribution in [-0.2, 0) is 27.7 Å². The van der Waals surface area contributed by atoms with Crippen LogP contribution in [0.25, 0.3) is 0 Å². The van der Waals surface area contributed by atoms with Gasteiger partial charge in [-0.15, -0.1) is 0 Å². The van der Waals surface area contributed by atoms with Crippen LogP contribution in [-0.4, -0.2) is 45.1 Å². The van der Waals surface area contributed by atoms with Gasteiger partial charge in [-0.05, 0) is 31.4 Å². The molecule has 1 atom stereocenters. The first-order valence-corrected chi connectivity index (χ1v) is 10.3. The highest BCUT2D eigenvalue weighted by Gasteiger charge is 2.28. The molecule has 2 rings (SSSR count). The summed E-state index contributed by atoms with van der Waals surface area (Å²) in [6.45, 7) is 6.59. The summed E-state index contributed by atoms with van der Waals surface area (Å²) < 4.78 is 28.5. The number of benzene rings is 1. The van der Waals surface area contributed by atoms with Gasteiger partial charge in [-0.2, -0.15) is 0 Å². The van der Waals surface area contributed by atoms with E-state index in [1.54, 1.807) is 0 Å². The minimum atomic E-state index is -2.89. The zero-order chi connectivity index (χ0) is 17.4. The van der Waals surface area contributed by atoms with Crippen LogP contribution in [0.15, 0.2) is 29.3 Å². The Kier molecular flexibility index (Phi) is 7.05. The molecule has 1 aromatic carbocycles. The standard InChI is InChI=1S/C17H27N3O3S/c1-3-18-17(20-16-9-10-24(21,22)13-16)19-11-14-5-7-15(8-6-14)12-23-4-2/h5-8,16H,3-4,9-13H2,1-2H3,(H2,18,19,20). The van der Waals surface area contributed by atoms with Crippen molar-refractivity contribution in [2.75, 3.05) is 24.7 Å². The van der Waals surface area contributed by atoms with Crippen LogP contribution in [0, 0.1) is 0 Å². The lowest BCUT2D eigenvalue weighted by atomic mass is 10.1. The first-order valence-electron chi connectivity index (χ1n) is 8.43. The van der Waals surface area contributed by atoms with Crippen LogP contribution in [0.1, 0.15) is 31.4 Å². The predicted molar refractivity (Wildman–Crippen MR) is 96.8 cm³/mol. The van der Waals surface area contributed by atoms with E-state index in [0.717, 1.165) is 17.7 Å². The Labute approximate surface area is 144 Å². The van der Waals surface area contributed by atoms with Crippen molar-refractivity contribution in [2.45, 2.75) is 39.5 Å². The molecule has 24 heavy (non-hydrogen) atoms. The van der Waals surface area contributed by atoms with Gasteiger partial charge in [0.05, 0.1) is 24.7 Å². The van der Waals surface area contributed by atoms with Crippen LogP contribution >= 0.6 is 0 Å². The van der Waals surface area contributed by atoms with Gasteiger partial charge in [0.2, 0.25) is 0 Å². The van der Waals surface area contributed by atoms with Crippen molar-refractivity contribution in [3.8, 4) is 0 Å². The molecule has 0 aromatic heterocycles. The fourth-order valence-electron chi connectivity index (χ4n) is 2.55. The molecule has 1 saturated heterocycles. The Hall–Kier alpha value is -1.60. The Balaban J connectivity index is 1.92. The van der Waals surface area contributed by atoms with Gasteiger partial charge >= 0.3 is 0 Å². The van der Waals surface area contributed by atoms with E-state index in [-0.39, 0.29) is 17.5 Å². The number of aliphatic imine (C=N–C) groups is 1. The largest absolute Gasteiger partial charge is 0.377 e. The van der Waals surface area contributed by atoms with Gasteiger partial charge in [0.15, 0.2) is 15.8 Å². The summed E-state index contributed by atoms with van der Waals surface area (Å²) in [6, 6.07) is 8.12. The van der Waals surface area contributed by atoms with Crippen LogP contribution in [0.5, 0.6) is 0 Å². The van der Waals surface area contributed by atoms with Crippen LogP contribution in [0.3, 0.4) is 0 Å². The number of nitrogens with zero attached hydrogens (tertiary/aromatic N) is 1. The fourth-order valence-corrected chi connectivity index (χ4v) is 4.23. The fraction of sp³-hybridized carbons (Fsp3) is 0.588. The second-order valence-corrected chi connectivity index (χ2v) is 8.12. The van der Waals surface area contributed by atoms with Crippen molar-refractivity contribution in [3.63, 3.8) is 0 Å². The molecule has 0 aliphatic carbocycles. The third-order valence-corrected chi connectivity index (χ3v) is 5.60. The first-order chi connectivity index (χ1) is 11.5. The van der Waals surface area contributed by atoms with Crippen molar-refractivity contribution < 1.29 is 13.2 Å². The summed E-state index contributed by atoms with van der Waals surface area (Å²) in [4.78, 5) is 4.56. The second-order valence-electron chi connectivity index (χ2n) is 5.89. The van der Waals surface area contributed by atoms with E-state index in [1.165, 1.54) is 0 Å². The topological polar surface area (TPSA) is 79.8 Å². The Bertz CT molecular complexity index is 642. The normalized spacial score (nSPS) is 20.1. The smallest absolute Gasteiger partial charge is 0.191 e. The number of ether oxygens (including phenoxy) is 1. The van der Waals surface area contributed by atoms with Crippen LogP contribution in [0.4, 0.5) is 0 Å². The summed E-state index contributed by atoms with van der Waals surface area (Å²) in [7, 11) is -2.89. The molecule has 134 valence electrons. The molecule has 6 nitrogen and oxygen atoms in total. The Morgan fingerprint density at radius 1 is 1.25 bits per heavy atom. The lowest BCUT2D eigenvalue weighted by molar-refractivity contribution is 0.134. The van der Waals surface area contributed by atoms with E-state index in [4.69, 9.17) is 4.74 Å². The lowest BCUT2D eigenvalue weighted by Gasteiger charge is -2.15. The molecular formula is C17H27N3O3S. The minimum absolute atomic E-state index is 0.0543. The molecule has 1 aliphatic rings. The number of nitrogens with one attached hydrogen (secondary N) is 2. The molecule has 1 unspecified atom stereocenters. The van der Waals surface area contributed by atoms with E-state index in [0.29, 0.717) is 32.1 Å². The third kappa shape index (κ3) is 6.13. The average molecular weight is 353 g/mol. The summed E-state index contributed by atoms with van der Waals surface area (Å²) in [5, 5.41) is 6.39. The van der Waals surface area contributed by atoms with Crippen molar-refractivity contribution in [1.82, 2.24) is 10.6 Å². The van der Waals surface area contributed by atoms with Crippen LogP contribution < -0.4 is 10.6 Å². The summed E-state index contributed by atoms with van der Waals surface area (Å²) in [5.74, 6) is 1.10. The second kappa shape index (κ2) is 9.03. The lowest BCUT2D eigenvalue weighted by Crippen LogP contribution is -2.44. The maximum absolute atomic E-state index is 11.6. The maximum atomic E-state index is 11.6. The van der Waals surface area contributed by atoms with Gasteiger partial charge in [-0.25, -0.2) is 13.4 Å². The highest BCUT2D eigenvalue weighted by atomic mass is 32.2. The third-order valence-electron chi connectivity index (χ3n) is 3.83. The van der Waals surface area contributed by atoms with Gasteiger partial charge < -0.3 is 15.4 Å². The monoisotopic (exact) mass is 353 g/mol. The quantitative estimate of drug-likeness (QED) is 0.573. The van der Waals surface area contributed by atoms with E-state index in [9.17, 15) is 8.42 Å². The zero-order valence-electron chi connectivity index (χ0n) is 14.4. The van der Waals surface area contributed by atoms with Crippen molar-refractivity contribution >= 4 is 15.8 Å². The van der Waals surface area contributed by atoms with E-state index >= 15 is 0 Å². The first kappa shape index (κ1) is 18.7. The molecule has 0 bridgehead atoms. The molecule has 1 aromatic rings. The van der Waals surface area contributed by atoms with E-state index < -0.39 is 9.84 Å². The van der Waals surface area contributed by atoms with Gasteiger partial charge in [0, 0.05) is 19.2 Å². The maximum Gasteiger partial charge on any atom is 0.191 e. The number of sulfone groups is 1. The van der Waals surface area contributed by atoms with Gasteiger partial charge in [0.25, 0.3) is 0 Å². The Morgan fingerprint density at radius 3 is 2.54 bits per heavy atom. The average Bonchev–Trinajstić information content (AvgIpc) is 2.90. The SMILES string of the molecule is CCNC(=NCc1ccc(COCC)cc1)NC1CCS(=O)(=O)C1.